The van der Waals surface area contributed by atoms with Gasteiger partial charge >= 0.3 is 0 Å². The number of Topliss-reactive ketones (excluding diaryl/α,β-unsaturated/α-hetero) is 2. The van der Waals surface area contributed by atoms with Gasteiger partial charge in [-0.25, -0.2) is 0 Å². The van der Waals surface area contributed by atoms with Gasteiger partial charge in [0.15, 0.2) is 11.5 Å². The van der Waals surface area contributed by atoms with Gasteiger partial charge < -0.3 is 14.6 Å². The van der Waals surface area contributed by atoms with E-state index in [-0.39, 0.29) is 23.2 Å². The average molecular weight is 459 g/mol. The summed E-state index contributed by atoms with van der Waals surface area (Å²) in [5, 5.41) is 3.54. The molecule has 1 N–H and O–H groups in total. The predicted octanol–water partition coefficient (Wildman–Crippen LogP) is 4.50. The number of fused-ring (bicyclic) bond motifs is 6. The molecule has 164 valence electrons. The van der Waals surface area contributed by atoms with Crippen molar-refractivity contribution >= 4 is 46.5 Å². The molecule has 1 amide bonds. The first-order valence-corrected chi connectivity index (χ1v) is 11.1. The number of anilines is 2. The number of carbonyl (C=O) groups is 3. The zero-order valence-corrected chi connectivity index (χ0v) is 18.4. The van der Waals surface area contributed by atoms with Gasteiger partial charge in [-0.3, -0.25) is 14.4 Å². The molecule has 1 fully saturated rings. The lowest BCUT2D eigenvalue weighted by molar-refractivity contribution is -0.122. The molecule has 4 heterocycles. The lowest BCUT2D eigenvalue weighted by Crippen LogP contribution is -2.51. The highest BCUT2D eigenvalue weighted by Crippen LogP contribution is 2.57. The van der Waals surface area contributed by atoms with Gasteiger partial charge in [-0.05, 0) is 54.4 Å². The third kappa shape index (κ3) is 2.52. The number of nitrogens with one attached hydrogen (secondary N) is 1. The minimum absolute atomic E-state index is 0.128. The van der Waals surface area contributed by atoms with Crippen LogP contribution in [0.15, 0.2) is 71.4 Å². The fraction of sp³-hybridized carbons (Fsp3) is 0.192. The first-order valence-electron chi connectivity index (χ1n) is 10.7. The second-order valence-corrected chi connectivity index (χ2v) is 9.09. The molecule has 1 spiro atoms. The fourth-order valence-electron chi connectivity index (χ4n) is 5.88. The molecule has 0 bridgehead atoms. The Kier molecular flexibility index (Phi) is 4.20. The number of benzene rings is 2. The number of rotatable bonds is 3. The number of ketones is 2. The summed E-state index contributed by atoms with van der Waals surface area (Å²) in [7, 11) is 0. The zero-order valence-electron chi connectivity index (χ0n) is 17.6. The number of hydrogen-bond donors (Lipinski definition) is 1. The minimum Gasteiger partial charge on any atom is -0.461 e. The molecule has 0 aliphatic carbocycles. The van der Waals surface area contributed by atoms with Crippen LogP contribution in [0.1, 0.15) is 28.6 Å². The summed E-state index contributed by atoms with van der Waals surface area (Å²) in [6.07, 6.45) is 5.24. The van der Waals surface area contributed by atoms with E-state index in [1.165, 1.54) is 13.2 Å². The first kappa shape index (κ1) is 20.0. The minimum atomic E-state index is -1.30. The standard InChI is InChI=1S/C26H19ClN2O4/c1-14(30)23-22(24(31)20-7-4-12-33-20)26(17-5-2-3-6-18(17)28-25(26)32)21-11-8-15-13-16(27)9-10-19(15)29(21)23/h2-13,21-23H,1H3,(H,28,32)/t21-,22+,23+,26-/m0/s1. The van der Waals surface area contributed by atoms with E-state index in [0.717, 1.165) is 11.3 Å². The molecule has 33 heavy (non-hydrogen) atoms. The highest BCUT2D eigenvalue weighted by Gasteiger charge is 2.70. The zero-order chi connectivity index (χ0) is 22.9. The van der Waals surface area contributed by atoms with Gasteiger partial charge in [-0.1, -0.05) is 42.0 Å². The number of para-hydroxylation sites is 1. The Morgan fingerprint density at radius 1 is 1.12 bits per heavy atom. The lowest BCUT2D eigenvalue weighted by atomic mass is 9.65. The number of nitrogens with zero attached hydrogens (tertiary/aromatic N) is 1. The van der Waals surface area contributed by atoms with E-state index in [4.69, 9.17) is 16.0 Å². The number of carbonyl (C=O) groups excluding carboxylic acids is 3. The maximum absolute atomic E-state index is 14.0. The van der Waals surface area contributed by atoms with Crippen LogP contribution in [0.3, 0.4) is 0 Å². The summed E-state index contributed by atoms with van der Waals surface area (Å²) in [6.45, 7) is 1.47. The highest BCUT2D eigenvalue weighted by atomic mass is 35.5. The van der Waals surface area contributed by atoms with Crippen molar-refractivity contribution in [2.24, 2.45) is 5.92 Å². The molecule has 3 aliphatic rings. The van der Waals surface area contributed by atoms with Crippen LogP contribution in [0, 0.1) is 5.92 Å². The van der Waals surface area contributed by atoms with E-state index in [2.05, 4.69) is 5.32 Å². The normalized spacial score (nSPS) is 26.7. The summed E-state index contributed by atoms with van der Waals surface area (Å²) in [5.41, 5.74) is 1.65. The summed E-state index contributed by atoms with van der Waals surface area (Å²) >= 11 is 6.23. The second-order valence-electron chi connectivity index (χ2n) is 8.66. The number of halogens is 1. The fourth-order valence-corrected chi connectivity index (χ4v) is 6.06. The van der Waals surface area contributed by atoms with Crippen LogP contribution in [0.4, 0.5) is 11.4 Å². The van der Waals surface area contributed by atoms with Crippen molar-refractivity contribution in [3.63, 3.8) is 0 Å². The van der Waals surface area contributed by atoms with Crippen LogP contribution in [0.5, 0.6) is 0 Å². The second kappa shape index (κ2) is 6.93. The molecule has 1 aromatic heterocycles. The predicted molar refractivity (Wildman–Crippen MR) is 125 cm³/mol. The molecular weight excluding hydrogens is 440 g/mol. The molecule has 0 saturated carbocycles. The van der Waals surface area contributed by atoms with Gasteiger partial charge in [0.2, 0.25) is 11.7 Å². The smallest absolute Gasteiger partial charge is 0.238 e. The van der Waals surface area contributed by atoms with Crippen LogP contribution in [-0.2, 0) is 15.0 Å². The molecule has 6 nitrogen and oxygen atoms in total. The summed E-state index contributed by atoms with van der Waals surface area (Å²) in [5.74, 6) is -1.72. The van der Waals surface area contributed by atoms with Gasteiger partial charge in [0.25, 0.3) is 0 Å². The number of hydrogen-bond acceptors (Lipinski definition) is 5. The summed E-state index contributed by atoms with van der Waals surface area (Å²) in [4.78, 5) is 42.9. The van der Waals surface area contributed by atoms with Crippen molar-refractivity contribution < 1.29 is 18.8 Å². The van der Waals surface area contributed by atoms with Gasteiger partial charge in [-0.15, -0.1) is 0 Å². The molecule has 3 aromatic rings. The van der Waals surface area contributed by atoms with E-state index in [9.17, 15) is 14.4 Å². The van der Waals surface area contributed by atoms with E-state index in [0.29, 0.717) is 16.3 Å². The van der Waals surface area contributed by atoms with Gasteiger partial charge in [0.05, 0.1) is 24.3 Å². The van der Waals surface area contributed by atoms with E-state index < -0.39 is 23.4 Å². The maximum atomic E-state index is 14.0. The molecule has 6 rings (SSSR count). The Bertz CT molecular complexity index is 1360. The van der Waals surface area contributed by atoms with Crippen molar-refractivity contribution in [1.82, 2.24) is 0 Å². The monoisotopic (exact) mass is 458 g/mol. The van der Waals surface area contributed by atoms with Crippen molar-refractivity contribution in [1.29, 1.82) is 0 Å². The molecule has 0 radical (unpaired) electrons. The maximum Gasteiger partial charge on any atom is 0.238 e. The number of furan rings is 1. The molecule has 7 heteroatoms. The third-order valence-electron chi connectivity index (χ3n) is 7.06. The van der Waals surface area contributed by atoms with Crippen molar-refractivity contribution in [2.45, 2.75) is 24.4 Å². The van der Waals surface area contributed by atoms with E-state index >= 15 is 0 Å². The summed E-state index contributed by atoms with van der Waals surface area (Å²) < 4.78 is 5.45. The topological polar surface area (TPSA) is 79.6 Å². The SMILES string of the molecule is CC(=O)[C@@H]1[C@H](C(=O)c2ccco2)[C@@]2(C(=O)Nc3ccccc32)[C@@H]2C=Cc3cc(Cl)ccc3N12. The Balaban J connectivity index is 1.67. The Labute approximate surface area is 194 Å². The van der Waals surface area contributed by atoms with Crippen LogP contribution in [0.2, 0.25) is 5.02 Å². The quantitative estimate of drug-likeness (QED) is 0.585. The molecule has 3 aliphatic heterocycles. The number of amides is 1. The molecule has 4 atom stereocenters. The first-order chi connectivity index (χ1) is 15.9. The van der Waals surface area contributed by atoms with Gasteiger partial charge in [0, 0.05) is 16.4 Å². The Hall–Kier alpha value is -3.64. The van der Waals surface area contributed by atoms with Crippen molar-refractivity contribution in [3.05, 3.63) is 88.8 Å². The van der Waals surface area contributed by atoms with Gasteiger partial charge in [-0.2, -0.15) is 0 Å². The van der Waals surface area contributed by atoms with E-state index in [1.807, 2.05) is 53.5 Å². The molecule has 0 unspecified atom stereocenters. The van der Waals surface area contributed by atoms with Crippen molar-refractivity contribution in [3.8, 4) is 0 Å². The lowest BCUT2D eigenvalue weighted by Gasteiger charge is -2.37. The largest absolute Gasteiger partial charge is 0.461 e. The Morgan fingerprint density at radius 2 is 1.94 bits per heavy atom. The van der Waals surface area contributed by atoms with Gasteiger partial charge in [0.1, 0.15) is 5.41 Å². The third-order valence-corrected chi connectivity index (χ3v) is 7.29. The molecule has 2 aromatic carbocycles. The summed E-state index contributed by atoms with van der Waals surface area (Å²) in [6, 6.07) is 14.6. The van der Waals surface area contributed by atoms with Crippen molar-refractivity contribution in [2.75, 3.05) is 10.2 Å². The molecular formula is C26H19ClN2O4. The Morgan fingerprint density at radius 3 is 2.70 bits per heavy atom. The average Bonchev–Trinajstić information content (AvgIpc) is 3.50. The van der Waals surface area contributed by atoms with Crippen LogP contribution < -0.4 is 10.2 Å². The van der Waals surface area contributed by atoms with Crippen LogP contribution in [-0.4, -0.2) is 29.6 Å². The molecule has 1 saturated heterocycles. The highest BCUT2D eigenvalue weighted by molar-refractivity contribution is 6.31. The van der Waals surface area contributed by atoms with Crippen LogP contribution >= 0.6 is 11.6 Å². The van der Waals surface area contributed by atoms with E-state index in [1.54, 1.807) is 18.2 Å². The van der Waals surface area contributed by atoms with Crippen LogP contribution in [0.25, 0.3) is 6.08 Å².